The van der Waals surface area contributed by atoms with Crippen LogP contribution in [0, 0.1) is 5.92 Å². The number of carbonyl (C=O) groups is 5. The zero-order chi connectivity index (χ0) is 37.3. The standard InChI is InChI=1S/C39H50N6O7/c1-26(2)36-39(50)42-21-8-12-28-15-17-32(51-3)33(23-28)52-25-35(47)41-20-9-14-30(43-34(46)18-16-29-13-7-19-40-24-29)37(48)44-31(38(49)45-36)22-27-10-5-4-6-11-27/h4-7,10-11,13,15,17,19,23-24,26,30-31,36H,8-9,12,14,16,18,20-22,25H2,1-3H3,(H,41,47)(H,42,50)(H,43,46)(H,44,48)(H,45,49)/t30-,31-,36+/m0/s1. The maximum atomic E-state index is 13.9. The minimum atomic E-state index is -1.04. The molecule has 13 nitrogen and oxygen atoms in total. The monoisotopic (exact) mass is 714 g/mol. The van der Waals surface area contributed by atoms with E-state index in [1.165, 1.54) is 7.11 Å². The molecule has 1 aliphatic rings. The number of carbonyl (C=O) groups excluding carboxylic acids is 5. The maximum absolute atomic E-state index is 13.9. The number of methoxy groups -OCH3 is 1. The predicted molar refractivity (Wildman–Crippen MR) is 195 cm³/mol. The van der Waals surface area contributed by atoms with Crippen LogP contribution in [0.2, 0.25) is 0 Å². The quantitative estimate of drug-likeness (QED) is 0.236. The van der Waals surface area contributed by atoms with Crippen LogP contribution in [0.3, 0.4) is 0 Å². The zero-order valence-corrected chi connectivity index (χ0v) is 30.1. The molecule has 0 fully saturated rings. The lowest BCUT2D eigenvalue weighted by molar-refractivity contribution is -0.134. The number of benzene rings is 2. The number of hydrogen-bond donors (Lipinski definition) is 5. The van der Waals surface area contributed by atoms with E-state index in [0.29, 0.717) is 43.7 Å². The van der Waals surface area contributed by atoms with Crippen LogP contribution in [0.15, 0.2) is 73.1 Å². The van der Waals surface area contributed by atoms with E-state index in [0.717, 1.165) is 16.7 Å². The fourth-order valence-corrected chi connectivity index (χ4v) is 5.79. The van der Waals surface area contributed by atoms with Crippen molar-refractivity contribution >= 4 is 29.5 Å². The molecule has 0 spiro atoms. The van der Waals surface area contributed by atoms with Crippen molar-refractivity contribution < 1.29 is 33.4 Å². The van der Waals surface area contributed by atoms with Gasteiger partial charge in [0.2, 0.25) is 23.6 Å². The SMILES string of the molecule is COc1ccc2cc1OCC(=O)NCCC[C@H](NC(=O)CCc1cccnc1)C(=O)N[C@@H](Cc1ccccc1)C(=O)N[C@H](C(C)C)C(=O)NCCC2. The first-order chi connectivity index (χ1) is 25.1. The van der Waals surface area contributed by atoms with Gasteiger partial charge in [-0.05, 0) is 72.9 Å². The molecule has 0 saturated carbocycles. The van der Waals surface area contributed by atoms with Gasteiger partial charge in [0.15, 0.2) is 18.1 Å². The highest BCUT2D eigenvalue weighted by molar-refractivity contribution is 5.94. The summed E-state index contributed by atoms with van der Waals surface area (Å²) in [6.45, 7) is 4.00. The number of aromatic nitrogens is 1. The summed E-state index contributed by atoms with van der Waals surface area (Å²) in [6.07, 6.45) is 5.79. The first-order valence-electron chi connectivity index (χ1n) is 17.8. The van der Waals surface area contributed by atoms with Crippen molar-refractivity contribution in [3.05, 3.63) is 89.7 Å². The number of pyridine rings is 1. The largest absolute Gasteiger partial charge is 0.493 e. The number of rotatable bonds is 8. The third kappa shape index (κ3) is 12.7. The summed E-state index contributed by atoms with van der Waals surface area (Å²) in [7, 11) is 1.52. The molecular formula is C39H50N6O7. The van der Waals surface area contributed by atoms with E-state index in [1.807, 2.05) is 62.4 Å². The number of nitrogens with one attached hydrogen (secondary N) is 5. The summed E-state index contributed by atoms with van der Waals surface area (Å²) < 4.78 is 11.2. The highest BCUT2D eigenvalue weighted by Crippen LogP contribution is 2.28. The Morgan fingerprint density at radius 3 is 2.42 bits per heavy atom. The molecule has 3 atom stereocenters. The highest BCUT2D eigenvalue weighted by atomic mass is 16.5. The topological polar surface area (TPSA) is 177 Å². The van der Waals surface area contributed by atoms with Gasteiger partial charge in [-0.1, -0.05) is 56.3 Å². The Balaban J connectivity index is 1.56. The Labute approximate surface area is 305 Å². The first kappa shape index (κ1) is 39.3. The van der Waals surface area contributed by atoms with Crippen molar-refractivity contribution in [3.63, 3.8) is 0 Å². The maximum Gasteiger partial charge on any atom is 0.257 e. The molecule has 5 N–H and O–H groups in total. The van der Waals surface area contributed by atoms with E-state index in [1.54, 1.807) is 24.5 Å². The minimum absolute atomic E-state index is 0.118. The molecule has 0 saturated heterocycles. The van der Waals surface area contributed by atoms with Crippen LogP contribution >= 0.6 is 0 Å². The lowest BCUT2D eigenvalue weighted by Gasteiger charge is -2.27. The van der Waals surface area contributed by atoms with E-state index >= 15 is 0 Å². The molecule has 3 aromatic rings. The van der Waals surface area contributed by atoms with Gasteiger partial charge in [-0.2, -0.15) is 0 Å². The number of nitrogens with zero attached hydrogens (tertiary/aromatic N) is 1. The zero-order valence-electron chi connectivity index (χ0n) is 30.1. The average Bonchev–Trinajstić information content (AvgIpc) is 3.14. The van der Waals surface area contributed by atoms with Crippen LogP contribution in [-0.2, 0) is 43.2 Å². The van der Waals surface area contributed by atoms with E-state index < -0.39 is 29.9 Å². The molecule has 2 heterocycles. The molecule has 5 amide bonds. The lowest BCUT2D eigenvalue weighted by Crippen LogP contribution is -2.58. The van der Waals surface area contributed by atoms with Gasteiger partial charge in [0.05, 0.1) is 7.11 Å². The normalized spacial score (nSPS) is 19.7. The van der Waals surface area contributed by atoms with Gasteiger partial charge in [0.1, 0.15) is 18.1 Å². The van der Waals surface area contributed by atoms with Crippen molar-refractivity contribution in [1.82, 2.24) is 31.6 Å². The van der Waals surface area contributed by atoms with Crippen molar-refractivity contribution in [2.75, 3.05) is 26.8 Å². The summed E-state index contributed by atoms with van der Waals surface area (Å²) in [4.78, 5) is 71.0. The summed E-state index contributed by atoms with van der Waals surface area (Å²) in [5.74, 6) is -1.47. The van der Waals surface area contributed by atoms with Gasteiger partial charge >= 0.3 is 0 Å². The molecule has 0 unspecified atom stereocenters. The molecule has 2 aromatic carbocycles. The van der Waals surface area contributed by atoms with Crippen LogP contribution in [0.1, 0.15) is 56.2 Å². The number of ether oxygens (including phenoxy) is 2. The van der Waals surface area contributed by atoms with Gasteiger partial charge in [0, 0.05) is 38.3 Å². The van der Waals surface area contributed by atoms with Crippen LogP contribution in [0.4, 0.5) is 0 Å². The minimum Gasteiger partial charge on any atom is -0.493 e. The Hall–Kier alpha value is -5.46. The summed E-state index contributed by atoms with van der Waals surface area (Å²) in [6, 6.07) is 15.5. The third-order valence-corrected chi connectivity index (χ3v) is 8.70. The van der Waals surface area contributed by atoms with Crippen molar-refractivity contribution in [1.29, 1.82) is 0 Å². The Bertz CT molecular complexity index is 1640. The van der Waals surface area contributed by atoms with E-state index in [4.69, 9.17) is 9.47 Å². The van der Waals surface area contributed by atoms with Crippen LogP contribution in [0.5, 0.6) is 11.5 Å². The summed E-state index contributed by atoms with van der Waals surface area (Å²) in [5.41, 5.74) is 2.62. The lowest BCUT2D eigenvalue weighted by atomic mass is 10.00. The Kier molecular flexibility index (Phi) is 15.4. The van der Waals surface area contributed by atoms with Gasteiger partial charge < -0.3 is 36.1 Å². The molecule has 13 heteroatoms. The number of amides is 5. The second kappa shape index (κ2) is 20.4. The van der Waals surface area contributed by atoms with Gasteiger partial charge in [-0.25, -0.2) is 0 Å². The fraction of sp³-hybridized carbons (Fsp3) is 0.436. The molecule has 278 valence electrons. The fourth-order valence-electron chi connectivity index (χ4n) is 5.79. The highest BCUT2D eigenvalue weighted by Gasteiger charge is 2.31. The van der Waals surface area contributed by atoms with Crippen molar-refractivity contribution in [2.24, 2.45) is 5.92 Å². The second-order valence-corrected chi connectivity index (χ2v) is 13.1. The Morgan fingerprint density at radius 2 is 1.69 bits per heavy atom. The van der Waals surface area contributed by atoms with Gasteiger partial charge in [-0.15, -0.1) is 0 Å². The van der Waals surface area contributed by atoms with E-state index in [-0.39, 0.29) is 56.1 Å². The number of hydrogen-bond acceptors (Lipinski definition) is 8. The van der Waals surface area contributed by atoms with Gasteiger partial charge in [0.25, 0.3) is 5.91 Å². The van der Waals surface area contributed by atoms with E-state index in [2.05, 4.69) is 31.6 Å². The second-order valence-electron chi connectivity index (χ2n) is 13.1. The van der Waals surface area contributed by atoms with Crippen LogP contribution in [-0.4, -0.2) is 79.5 Å². The third-order valence-electron chi connectivity index (χ3n) is 8.70. The predicted octanol–water partition coefficient (Wildman–Crippen LogP) is 2.41. The van der Waals surface area contributed by atoms with Crippen molar-refractivity contribution in [2.45, 2.75) is 76.9 Å². The van der Waals surface area contributed by atoms with Gasteiger partial charge in [-0.3, -0.25) is 29.0 Å². The molecule has 1 aromatic heterocycles. The molecule has 0 radical (unpaired) electrons. The molecule has 4 rings (SSSR count). The molecule has 52 heavy (non-hydrogen) atoms. The summed E-state index contributed by atoms with van der Waals surface area (Å²) in [5, 5.41) is 14.3. The Morgan fingerprint density at radius 1 is 0.923 bits per heavy atom. The summed E-state index contributed by atoms with van der Waals surface area (Å²) >= 11 is 0. The van der Waals surface area contributed by atoms with Crippen LogP contribution < -0.4 is 36.1 Å². The molecule has 0 aliphatic carbocycles. The molecule has 2 bridgehead atoms. The van der Waals surface area contributed by atoms with Crippen LogP contribution in [0.25, 0.3) is 0 Å². The molecule has 1 aliphatic heterocycles. The number of aryl methyl sites for hydroxylation is 2. The molecular weight excluding hydrogens is 664 g/mol. The van der Waals surface area contributed by atoms with E-state index in [9.17, 15) is 24.0 Å². The smallest absolute Gasteiger partial charge is 0.257 e. The van der Waals surface area contributed by atoms with Crippen molar-refractivity contribution in [3.8, 4) is 11.5 Å². The number of fused-ring (bicyclic) bond motifs is 2. The first-order valence-corrected chi connectivity index (χ1v) is 17.8. The average molecular weight is 715 g/mol.